The second-order valence-corrected chi connectivity index (χ2v) is 6.69. The number of furan rings is 1. The normalized spacial score (nSPS) is 17.0. The van der Waals surface area contributed by atoms with Crippen molar-refractivity contribution in [1.82, 2.24) is 4.90 Å². The minimum atomic E-state index is -2.49. The zero-order valence-corrected chi connectivity index (χ0v) is 13.3. The second kappa shape index (κ2) is 7.25. The molecular weight excluding hydrogens is 356 g/mol. The fraction of sp³-hybridized carbons (Fsp3) is 0.250. The van der Waals surface area contributed by atoms with Gasteiger partial charge < -0.3 is 9.52 Å². The number of aliphatic carboxylic acids is 1. The third-order valence-electron chi connectivity index (χ3n) is 2.47. The molecule has 0 saturated carbocycles. The van der Waals surface area contributed by atoms with Crippen molar-refractivity contribution in [3.05, 3.63) is 28.6 Å². The van der Waals surface area contributed by atoms with Crippen LogP contribution in [-0.2, 0) is 15.3 Å². The summed E-state index contributed by atoms with van der Waals surface area (Å²) in [5.41, 5.74) is 0. The number of thiocarbonyl (C=S) groups is 1. The lowest BCUT2D eigenvalue weighted by molar-refractivity contribution is -0.140. The molecule has 1 aromatic heterocycles. The molecule has 1 aromatic rings. The van der Waals surface area contributed by atoms with Gasteiger partial charge in [-0.3, -0.25) is 14.5 Å². The standard InChI is InChI=1S/C12H9F2NO4S3/c13-11(14)21-5-7-2-1-6(19-7)3-8-10(18)15(4-9(16)17)12(20)22-8/h1-3,11H,4-5H2,(H,16,17)/b8-3-. The average Bonchev–Trinajstić information content (AvgIpc) is 2.97. The molecule has 1 N–H and O–H groups in total. The molecule has 0 bridgehead atoms. The number of hydrogen-bond donors (Lipinski definition) is 1. The Morgan fingerprint density at radius 1 is 1.55 bits per heavy atom. The van der Waals surface area contributed by atoms with Gasteiger partial charge in [-0.05, 0) is 12.1 Å². The van der Waals surface area contributed by atoms with Gasteiger partial charge in [0.2, 0.25) is 0 Å². The lowest BCUT2D eigenvalue weighted by atomic mass is 10.3. The van der Waals surface area contributed by atoms with Crippen LogP contribution in [0.4, 0.5) is 8.78 Å². The first-order valence-corrected chi connectivity index (χ1v) is 8.10. The molecule has 0 unspecified atom stereocenters. The molecule has 1 saturated heterocycles. The summed E-state index contributed by atoms with van der Waals surface area (Å²) in [7, 11) is 0. The van der Waals surface area contributed by atoms with Crippen LogP contribution in [0.5, 0.6) is 0 Å². The van der Waals surface area contributed by atoms with Gasteiger partial charge in [-0.15, -0.1) is 0 Å². The number of nitrogens with zero attached hydrogens (tertiary/aromatic N) is 1. The molecule has 0 aromatic carbocycles. The summed E-state index contributed by atoms with van der Waals surface area (Å²) >= 11 is 6.35. The van der Waals surface area contributed by atoms with Gasteiger partial charge in [-0.25, -0.2) is 0 Å². The van der Waals surface area contributed by atoms with Crippen LogP contribution in [0.2, 0.25) is 0 Å². The third kappa shape index (κ3) is 4.31. The molecule has 2 rings (SSSR count). The summed E-state index contributed by atoms with van der Waals surface area (Å²) < 4.78 is 29.7. The number of rotatable bonds is 6. The fourth-order valence-corrected chi connectivity index (χ4v) is 3.28. The zero-order chi connectivity index (χ0) is 16.3. The SMILES string of the molecule is O=C(O)CN1C(=O)/C(=C/c2ccc(CSC(F)F)o2)SC1=S. The van der Waals surface area contributed by atoms with E-state index in [9.17, 15) is 18.4 Å². The van der Waals surface area contributed by atoms with Crippen molar-refractivity contribution in [3.63, 3.8) is 0 Å². The molecule has 1 aliphatic rings. The number of thioether (sulfide) groups is 2. The quantitative estimate of drug-likeness (QED) is 0.614. The maximum Gasteiger partial charge on any atom is 0.323 e. The smallest absolute Gasteiger partial charge is 0.323 e. The van der Waals surface area contributed by atoms with E-state index in [2.05, 4.69) is 0 Å². The summed E-state index contributed by atoms with van der Waals surface area (Å²) in [5, 5.41) is 8.73. The lowest BCUT2D eigenvalue weighted by Gasteiger charge is -2.09. The molecule has 0 spiro atoms. The number of carbonyl (C=O) groups excluding carboxylic acids is 1. The van der Waals surface area contributed by atoms with E-state index in [1.807, 2.05) is 0 Å². The highest BCUT2D eigenvalue weighted by Gasteiger charge is 2.33. The molecule has 0 aliphatic carbocycles. The number of carboxylic acids is 1. The van der Waals surface area contributed by atoms with Gasteiger partial charge in [0.1, 0.15) is 22.4 Å². The number of carboxylic acid groups (broad SMARTS) is 1. The highest BCUT2D eigenvalue weighted by molar-refractivity contribution is 8.26. The van der Waals surface area contributed by atoms with Crippen LogP contribution in [0.1, 0.15) is 11.5 Å². The van der Waals surface area contributed by atoms with Gasteiger partial charge in [-0.1, -0.05) is 35.7 Å². The molecule has 1 amide bonds. The number of halogens is 2. The van der Waals surface area contributed by atoms with Crippen LogP contribution >= 0.6 is 35.7 Å². The van der Waals surface area contributed by atoms with E-state index in [0.29, 0.717) is 23.3 Å². The van der Waals surface area contributed by atoms with E-state index in [4.69, 9.17) is 21.7 Å². The van der Waals surface area contributed by atoms with Crippen molar-refractivity contribution in [2.24, 2.45) is 0 Å². The summed E-state index contributed by atoms with van der Waals surface area (Å²) in [6.07, 6.45) is 1.41. The van der Waals surface area contributed by atoms with Crippen LogP contribution in [-0.4, -0.2) is 38.5 Å². The summed E-state index contributed by atoms with van der Waals surface area (Å²) in [5.74, 6) is -3.47. The Labute approximate surface area is 137 Å². The van der Waals surface area contributed by atoms with Crippen molar-refractivity contribution >= 4 is 58.0 Å². The number of hydrogen-bond acceptors (Lipinski definition) is 6. The predicted octanol–water partition coefficient (Wildman–Crippen LogP) is 3.02. The Bertz CT molecular complexity index is 644. The van der Waals surface area contributed by atoms with Crippen molar-refractivity contribution in [2.75, 3.05) is 6.54 Å². The van der Waals surface area contributed by atoms with E-state index in [1.165, 1.54) is 6.08 Å². The molecule has 2 heterocycles. The van der Waals surface area contributed by atoms with Crippen molar-refractivity contribution in [3.8, 4) is 0 Å². The highest BCUT2D eigenvalue weighted by Crippen LogP contribution is 2.33. The minimum absolute atomic E-state index is 0.0193. The molecule has 0 atom stereocenters. The highest BCUT2D eigenvalue weighted by atomic mass is 32.2. The Hall–Kier alpha value is -1.39. The van der Waals surface area contributed by atoms with Gasteiger partial charge in [0, 0.05) is 6.08 Å². The monoisotopic (exact) mass is 365 g/mol. The first kappa shape index (κ1) is 17.0. The topological polar surface area (TPSA) is 70.8 Å². The van der Waals surface area contributed by atoms with E-state index in [0.717, 1.165) is 16.7 Å². The van der Waals surface area contributed by atoms with Crippen molar-refractivity contribution in [2.45, 2.75) is 11.5 Å². The van der Waals surface area contributed by atoms with Crippen LogP contribution in [0.3, 0.4) is 0 Å². The maximum absolute atomic E-state index is 12.1. The number of amides is 1. The average molecular weight is 365 g/mol. The zero-order valence-electron chi connectivity index (χ0n) is 10.8. The summed E-state index contributed by atoms with van der Waals surface area (Å²) in [4.78, 5) is 23.9. The molecule has 118 valence electrons. The van der Waals surface area contributed by atoms with Crippen molar-refractivity contribution in [1.29, 1.82) is 0 Å². The Balaban J connectivity index is 2.08. The molecule has 10 heteroatoms. The third-order valence-corrected chi connectivity index (χ3v) is 4.56. The fourth-order valence-electron chi connectivity index (χ4n) is 1.60. The van der Waals surface area contributed by atoms with Crippen LogP contribution in [0.25, 0.3) is 6.08 Å². The van der Waals surface area contributed by atoms with E-state index >= 15 is 0 Å². The second-order valence-electron chi connectivity index (χ2n) is 4.04. The number of alkyl halides is 2. The molecule has 1 aliphatic heterocycles. The Morgan fingerprint density at radius 3 is 2.91 bits per heavy atom. The largest absolute Gasteiger partial charge is 0.480 e. The molecule has 1 fully saturated rings. The van der Waals surface area contributed by atoms with E-state index in [-0.39, 0.29) is 15.0 Å². The molecule has 0 radical (unpaired) electrons. The first-order chi connectivity index (χ1) is 10.4. The van der Waals surface area contributed by atoms with Crippen LogP contribution in [0, 0.1) is 0 Å². The Morgan fingerprint density at radius 2 is 2.27 bits per heavy atom. The predicted molar refractivity (Wildman–Crippen MR) is 83.5 cm³/mol. The molecule has 22 heavy (non-hydrogen) atoms. The van der Waals surface area contributed by atoms with Crippen LogP contribution < -0.4 is 0 Å². The van der Waals surface area contributed by atoms with E-state index < -0.39 is 24.2 Å². The molecular formula is C12H9F2NO4S3. The Kier molecular flexibility index (Phi) is 5.59. The lowest BCUT2D eigenvalue weighted by Crippen LogP contribution is -2.33. The summed E-state index contributed by atoms with van der Waals surface area (Å²) in [6, 6.07) is 3.09. The van der Waals surface area contributed by atoms with Crippen molar-refractivity contribution < 1.29 is 27.9 Å². The van der Waals surface area contributed by atoms with Crippen LogP contribution in [0.15, 0.2) is 21.5 Å². The van der Waals surface area contributed by atoms with E-state index in [1.54, 1.807) is 12.1 Å². The van der Waals surface area contributed by atoms with Gasteiger partial charge in [0.15, 0.2) is 0 Å². The maximum atomic E-state index is 12.1. The number of carbonyl (C=O) groups is 2. The van der Waals surface area contributed by atoms with Gasteiger partial charge in [-0.2, -0.15) is 8.78 Å². The van der Waals surface area contributed by atoms with Gasteiger partial charge >= 0.3 is 5.97 Å². The van der Waals surface area contributed by atoms with Gasteiger partial charge in [0.05, 0.1) is 10.7 Å². The van der Waals surface area contributed by atoms with Gasteiger partial charge in [0.25, 0.3) is 11.7 Å². The first-order valence-electron chi connectivity index (χ1n) is 5.82. The summed E-state index contributed by atoms with van der Waals surface area (Å²) in [6.45, 7) is -0.504. The molecule has 5 nitrogen and oxygen atoms in total. The minimum Gasteiger partial charge on any atom is -0.480 e.